The van der Waals surface area contributed by atoms with E-state index >= 15 is 4.39 Å². The highest BCUT2D eigenvalue weighted by Crippen LogP contribution is 2.52. The number of hydrogen-bond donors (Lipinski definition) is 3. The van der Waals surface area contributed by atoms with Gasteiger partial charge in [-0.15, -0.1) is 11.3 Å². The molecular formula is C24H22F6O4S. The minimum Gasteiger partial charge on any atom is -0.488 e. The molecular weight excluding hydrogens is 498 g/mol. The van der Waals surface area contributed by atoms with Crippen LogP contribution in [0.1, 0.15) is 34.1 Å². The van der Waals surface area contributed by atoms with Gasteiger partial charge < -0.3 is 20.1 Å². The second-order valence-electron chi connectivity index (χ2n) is 7.72. The molecule has 3 aromatic rings. The molecule has 0 bridgehead atoms. The van der Waals surface area contributed by atoms with Crippen LogP contribution < -0.4 is 4.74 Å². The van der Waals surface area contributed by atoms with Crippen molar-refractivity contribution < 1.29 is 46.4 Å². The first kappa shape index (κ1) is 27.0. The molecule has 0 fully saturated rings. The summed E-state index contributed by atoms with van der Waals surface area (Å²) in [5.74, 6) is -10.7. The van der Waals surface area contributed by atoms with Crippen molar-refractivity contribution in [3.05, 3.63) is 75.0 Å². The van der Waals surface area contributed by atoms with E-state index in [0.717, 1.165) is 11.3 Å². The Hall–Kier alpha value is -2.60. The van der Waals surface area contributed by atoms with E-state index in [-0.39, 0.29) is 42.9 Å². The van der Waals surface area contributed by atoms with Crippen LogP contribution in [0, 0.1) is 0 Å². The molecule has 1 aromatic heterocycles. The van der Waals surface area contributed by atoms with Crippen molar-refractivity contribution in [2.45, 2.75) is 51.1 Å². The third kappa shape index (κ3) is 5.18. The van der Waals surface area contributed by atoms with Gasteiger partial charge in [-0.3, -0.25) is 0 Å². The second-order valence-corrected chi connectivity index (χ2v) is 8.72. The molecule has 0 aliphatic rings. The van der Waals surface area contributed by atoms with Gasteiger partial charge in [0.15, 0.2) is 0 Å². The summed E-state index contributed by atoms with van der Waals surface area (Å²) >= 11 is 1.10. The number of hydrogen-bond acceptors (Lipinski definition) is 5. The van der Waals surface area contributed by atoms with E-state index in [1.165, 1.54) is 42.6 Å². The van der Waals surface area contributed by atoms with Crippen LogP contribution in [-0.2, 0) is 32.1 Å². The Bertz CT molecular complexity index is 1170. The molecule has 0 spiro atoms. The zero-order valence-corrected chi connectivity index (χ0v) is 19.2. The number of thiophene rings is 1. The molecule has 190 valence electrons. The Kier molecular flexibility index (Phi) is 7.85. The lowest BCUT2D eigenvalue weighted by molar-refractivity contribution is -0.379. The number of benzene rings is 2. The molecule has 2 aromatic carbocycles. The number of aryl methyl sites for hydroxylation is 1. The number of alkyl halides is 6. The normalized spacial score (nSPS) is 14.1. The van der Waals surface area contributed by atoms with E-state index in [9.17, 15) is 37.3 Å². The number of rotatable bonds is 9. The molecule has 3 N–H and O–H groups in total. The fourth-order valence-corrected chi connectivity index (χ4v) is 4.41. The van der Waals surface area contributed by atoms with Gasteiger partial charge >= 0.3 is 18.0 Å². The summed E-state index contributed by atoms with van der Waals surface area (Å²) in [6, 6.07) is 9.86. The van der Waals surface area contributed by atoms with Crippen LogP contribution in [0.5, 0.6) is 5.75 Å². The lowest BCUT2D eigenvalue weighted by atomic mass is 9.87. The van der Waals surface area contributed by atoms with Crippen molar-refractivity contribution in [2.75, 3.05) is 0 Å². The predicted octanol–water partition coefficient (Wildman–Crippen LogP) is 5.85. The number of aliphatic hydroxyl groups excluding tert-OH is 2. The zero-order chi connectivity index (χ0) is 26.0. The average molecular weight is 520 g/mol. The second kappa shape index (κ2) is 10.2. The molecule has 0 aliphatic heterocycles. The summed E-state index contributed by atoms with van der Waals surface area (Å²) < 4.78 is 87.6. The average Bonchev–Trinajstić information content (AvgIpc) is 3.30. The highest BCUT2D eigenvalue weighted by Gasteiger charge is 2.72. The maximum absolute atomic E-state index is 15.0. The molecule has 0 radical (unpaired) electrons. The van der Waals surface area contributed by atoms with Crippen LogP contribution >= 0.6 is 11.3 Å². The Morgan fingerprint density at radius 3 is 2.17 bits per heavy atom. The summed E-state index contributed by atoms with van der Waals surface area (Å²) in [6.07, 6.45) is -6.41. The van der Waals surface area contributed by atoms with Crippen LogP contribution in [0.3, 0.4) is 0 Å². The van der Waals surface area contributed by atoms with E-state index < -0.39 is 23.5 Å². The van der Waals surface area contributed by atoms with Crippen molar-refractivity contribution in [2.24, 2.45) is 0 Å². The summed E-state index contributed by atoms with van der Waals surface area (Å²) in [4.78, 5) is 0.537. The third-order valence-corrected chi connectivity index (χ3v) is 6.41. The summed E-state index contributed by atoms with van der Waals surface area (Å²) in [5, 5.41) is 30.1. The SMILES string of the molecule is CCc1cccc(-c2csc(COc3ccc(CO)c(CO)c3)c2)c1C(O)(F)C(F)(F)C(F)(F)F. The highest BCUT2D eigenvalue weighted by atomic mass is 32.1. The van der Waals surface area contributed by atoms with E-state index in [2.05, 4.69) is 0 Å². The first-order chi connectivity index (χ1) is 16.4. The van der Waals surface area contributed by atoms with Crippen LogP contribution in [-0.4, -0.2) is 27.4 Å². The number of halogens is 6. The van der Waals surface area contributed by atoms with Gasteiger partial charge in [-0.1, -0.05) is 31.2 Å². The fourth-order valence-electron chi connectivity index (χ4n) is 3.62. The minimum atomic E-state index is -6.32. The predicted molar refractivity (Wildman–Crippen MR) is 118 cm³/mol. The van der Waals surface area contributed by atoms with Crippen LogP contribution in [0.25, 0.3) is 11.1 Å². The Labute approximate surface area is 201 Å². The summed E-state index contributed by atoms with van der Waals surface area (Å²) in [5.41, 5.74) is -0.500. The maximum atomic E-state index is 15.0. The lowest BCUT2D eigenvalue weighted by Crippen LogP contribution is -2.53. The van der Waals surface area contributed by atoms with Crippen molar-refractivity contribution >= 4 is 11.3 Å². The smallest absolute Gasteiger partial charge is 0.459 e. The van der Waals surface area contributed by atoms with Crippen molar-refractivity contribution in [1.29, 1.82) is 0 Å². The maximum Gasteiger partial charge on any atom is 0.459 e. The van der Waals surface area contributed by atoms with Gasteiger partial charge in [0.1, 0.15) is 12.4 Å². The van der Waals surface area contributed by atoms with Gasteiger partial charge in [-0.05, 0) is 57.8 Å². The molecule has 0 saturated carbocycles. The quantitative estimate of drug-likeness (QED) is 0.310. The third-order valence-electron chi connectivity index (χ3n) is 5.50. The number of ether oxygens (including phenoxy) is 1. The molecule has 1 unspecified atom stereocenters. The molecule has 35 heavy (non-hydrogen) atoms. The monoisotopic (exact) mass is 520 g/mol. The largest absolute Gasteiger partial charge is 0.488 e. The Balaban J connectivity index is 1.95. The van der Waals surface area contributed by atoms with Crippen LogP contribution in [0.15, 0.2) is 47.8 Å². The minimum absolute atomic E-state index is 0.0184. The van der Waals surface area contributed by atoms with E-state index in [1.54, 1.807) is 12.1 Å². The van der Waals surface area contributed by atoms with E-state index in [1.807, 2.05) is 0 Å². The van der Waals surface area contributed by atoms with Gasteiger partial charge in [-0.2, -0.15) is 26.3 Å². The van der Waals surface area contributed by atoms with Gasteiger partial charge in [-0.25, -0.2) is 0 Å². The van der Waals surface area contributed by atoms with Gasteiger partial charge in [0.2, 0.25) is 0 Å². The molecule has 0 saturated heterocycles. The van der Waals surface area contributed by atoms with Crippen molar-refractivity contribution in [3.63, 3.8) is 0 Å². The zero-order valence-electron chi connectivity index (χ0n) is 18.4. The topological polar surface area (TPSA) is 69.9 Å². The van der Waals surface area contributed by atoms with Gasteiger partial charge in [0.25, 0.3) is 0 Å². The Morgan fingerprint density at radius 2 is 1.57 bits per heavy atom. The molecule has 1 heterocycles. The fraction of sp³-hybridized carbons (Fsp3) is 0.333. The first-order valence-corrected chi connectivity index (χ1v) is 11.3. The molecule has 0 aliphatic carbocycles. The Morgan fingerprint density at radius 1 is 0.886 bits per heavy atom. The van der Waals surface area contributed by atoms with Gasteiger partial charge in [0, 0.05) is 10.4 Å². The standard InChI is InChI=1S/C24H22F6O4S/c1-2-14-4-3-5-20(21(14)22(25,33)23(26,27)24(28,29)30)17-9-19(35-13-17)12-34-18-7-6-15(10-31)16(8-18)11-32/h3-9,13,31-33H,2,10-12H2,1H3. The van der Waals surface area contributed by atoms with Crippen LogP contribution in [0.4, 0.5) is 26.3 Å². The first-order valence-electron chi connectivity index (χ1n) is 10.4. The van der Waals surface area contributed by atoms with Crippen molar-refractivity contribution in [1.82, 2.24) is 0 Å². The molecule has 11 heteroatoms. The lowest BCUT2D eigenvalue weighted by Gasteiger charge is -2.33. The highest BCUT2D eigenvalue weighted by molar-refractivity contribution is 7.10. The summed E-state index contributed by atoms with van der Waals surface area (Å²) in [6.45, 7) is 0.842. The van der Waals surface area contributed by atoms with E-state index in [4.69, 9.17) is 4.74 Å². The molecule has 0 amide bonds. The number of aliphatic hydroxyl groups is 3. The van der Waals surface area contributed by atoms with Gasteiger partial charge in [0.05, 0.1) is 13.2 Å². The molecule has 4 nitrogen and oxygen atoms in total. The molecule has 1 atom stereocenters. The van der Waals surface area contributed by atoms with Crippen molar-refractivity contribution in [3.8, 4) is 16.9 Å². The summed E-state index contributed by atoms with van der Waals surface area (Å²) in [7, 11) is 0. The van der Waals surface area contributed by atoms with Crippen LogP contribution in [0.2, 0.25) is 0 Å². The molecule has 3 rings (SSSR count). The van der Waals surface area contributed by atoms with E-state index in [0.29, 0.717) is 21.8 Å².